The van der Waals surface area contributed by atoms with Crippen molar-refractivity contribution < 1.29 is 14.3 Å². The summed E-state index contributed by atoms with van der Waals surface area (Å²) < 4.78 is 7.68. The molecule has 1 N–H and O–H groups in total. The average molecular weight is 390 g/mol. The SMILES string of the molecule is CN(C)C1CC(C(=O)NC2CN(C(=O)CC3CCCO3)Cc3nccn3C2)C1. The van der Waals surface area contributed by atoms with Crippen molar-refractivity contribution in [1.82, 2.24) is 24.7 Å². The van der Waals surface area contributed by atoms with E-state index in [4.69, 9.17) is 4.74 Å². The van der Waals surface area contributed by atoms with Crippen LogP contribution in [0.15, 0.2) is 12.4 Å². The van der Waals surface area contributed by atoms with Crippen LogP contribution in [0.1, 0.15) is 37.9 Å². The van der Waals surface area contributed by atoms with Crippen LogP contribution in [-0.4, -0.2) is 76.6 Å². The third-order valence-electron chi connectivity index (χ3n) is 6.33. The fraction of sp³-hybridized carbons (Fsp3) is 0.750. The van der Waals surface area contributed by atoms with Crippen LogP contribution < -0.4 is 5.32 Å². The van der Waals surface area contributed by atoms with E-state index >= 15 is 0 Å². The molecule has 3 aliphatic rings. The fourth-order valence-corrected chi connectivity index (χ4v) is 4.41. The van der Waals surface area contributed by atoms with Gasteiger partial charge in [-0.15, -0.1) is 0 Å². The van der Waals surface area contributed by atoms with Gasteiger partial charge in [0.25, 0.3) is 0 Å². The number of imidazole rings is 1. The highest BCUT2D eigenvalue weighted by atomic mass is 16.5. The van der Waals surface area contributed by atoms with Crippen molar-refractivity contribution in [3.05, 3.63) is 18.2 Å². The van der Waals surface area contributed by atoms with Crippen LogP contribution in [0.4, 0.5) is 0 Å². The maximum atomic E-state index is 12.9. The van der Waals surface area contributed by atoms with Crippen LogP contribution in [0.2, 0.25) is 0 Å². The van der Waals surface area contributed by atoms with Crippen LogP contribution in [0.5, 0.6) is 0 Å². The smallest absolute Gasteiger partial charge is 0.225 e. The van der Waals surface area contributed by atoms with E-state index in [1.807, 2.05) is 15.7 Å². The van der Waals surface area contributed by atoms with Gasteiger partial charge in [-0.2, -0.15) is 0 Å². The lowest BCUT2D eigenvalue weighted by atomic mass is 9.79. The van der Waals surface area contributed by atoms with Crippen molar-refractivity contribution in [3.8, 4) is 0 Å². The molecule has 0 aromatic carbocycles. The van der Waals surface area contributed by atoms with Crippen LogP contribution in [-0.2, 0) is 27.4 Å². The van der Waals surface area contributed by atoms with Gasteiger partial charge in [0.1, 0.15) is 5.82 Å². The first-order valence-corrected chi connectivity index (χ1v) is 10.4. The molecule has 2 fully saturated rings. The van der Waals surface area contributed by atoms with Gasteiger partial charge in [0.2, 0.25) is 11.8 Å². The molecule has 154 valence electrons. The van der Waals surface area contributed by atoms with E-state index in [0.717, 1.165) is 38.1 Å². The molecule has 0 spiro atoms. The van der Waals surface area contributed by atoms with Crippen molar-refractivity contribution >= 4 is 11.8 Å². The molecule has 2 amide bonds. The topological polar surface area (TPSA) is 79.7 Å². The number of carbonyl (C=O) groups excluding carboxylic acids is 2. The van der Waals surface area contributed by atoms with Crippen LogP contribution in [0, 0.1) is 5.92 Å². The molecule has 28 heavy (non-hydrogen) atoms. The van der Waals surface area contributed by atoms with Gasteiger partial charge < -0.3 is 24.4 Å². The molecule has 0 bridgehead atoms. The number of nitrogens with one attached hydrogen (secondary N) is 1. The summed E-state index contributed by atoms with van der Waals surface area (Å²) in [5, 5.41) is 3.20. The second-order valence-electron chi connectivity index (χ2n) is 8.60. The second kappa shape index (κ2) is 8.21. The Morgan fingerprint density at radius 3 is 2.86 bits per heavy atom. The molecular weight excluding hydrogens is 358 g/mol. The van der Waals surface area contributed by atoms with E-state index in [-0.39, 0.29) is 29.9 Å². The molecule has 2 unspecified atom stereocenters. The van der Waals surface area contributed by atoms with Crippen molar-refractivity contribution in [2.24, 2.45) is 5.92 Å². The lowest BCUT2D eigenvalue weighted by molar-refractivity contribution is -0.136. The van der Waals surface area contributed by atoms with Gasteiger partial charge in [-0.25, -0.2) is 4.98 Å². The number of fused-ring (bicyclic) bond motifs is 1. The first-order valence-electron chi connectivity index (χ1n) is 10.4. The Labute approximate surface area is 166 Å². The fourth-order valence-electron chi connectivity index (χ4n) is 4.41. The summed E-state index contributed by atoms with van der Waals surface area (Å²) in [6.45, 7) is 2.40. The lowest BCUT2D eigenvalue weighted by Crippen LogP contribution is -2.52. The van der Waals surface area contributed by atoms with E-state index in [9.17, 15) is 9.59 Å². The Balaban J connectivity index is 1.39. The molecule has 1 aromatic rings. The molecule has 2 atom stereocenters. The molecule has 2 aliphatic heterocycles. The van der Waals surface area contributed by atoms with E-state index in [2.05, 4.69) is 29.3 Å². The van der Waals surface area contributed by atoms with Crippen LogP contribution in [0.25, 0.3) is 0 Å². The van der Waals surface area contributed by atoms with Gasteiger partial charge in [-0.3, -0.25) is 9.59 Å². The minimum Gasteiger partial charge on any atom is -0.378 e. The first kappa shape index (κ1) is 19.4. The van der Waals surface area contributed by atoms with Gasteiger partial charge in [0.05, 0.1) is 25.1 Å². The summed E-state index contributed by atoms with van der Waals surface area (Å²) in [6.07, 6.45) is 7.91. The maximum Gasteiger partial charge on any atom is 0.225 e. The number of carbonyl (C=O) groups is 2. The van der Waals surface area contributed by atoms with E-state index in [0.29, 0.717) is 32.1 Å². The van der Waals surface area contributed by atoms with Gasteiger partial charge in [0.15, 0.2) is 0 Å². The highest BCUT2D eigenvalue weighted by Crippen LogP contribution is 2.30. The summed E-state index contributed by atoms with van der Waals surface area (Å²) in [7, 11) is 4.12. The zero-order valence-corrected chi connectivity index (χ0v) is 16.8. The van der Waals surface area contributed by atoms with Crippen LogP contribution in [0.3, 0.4) is 0 Å². The van der Waals surface area contributed by atoms with Crippen molar-refractivity contribution in [2.45, 2.75) is 63.4 Å². The number of aromatic nitrogens is 2. The molecule has 3 heterocycles. The highest BCUT2D eigenvalue weighted by molar-refractivity contribution is 5.80. The van der Waals surface area contributed by atoms with Crippen molar-refractivity contribution in [2.75, 3.05) is 27.2 Å². The predicted octanol–water partition coefficient (Wildman–Crippen LogP) is 0.619. The van der Waals surface area contributed by atoms with Crippen molar-refractivity contribution in [1.29, 1.82) is 0 Å². The van der Waals surface area contributed by atoms with E-state index < -0.39 is 0 Å². The van der Waals surface area contributed by atoms with Crippen molar-refractivity contribution in [3.63, 3.8) is 0 Å². The summed E-state index contributed by atoms with van der Waals surface area (Å²) >= 11 is 0. The van der Waals surface area contributed by atoms with E-state index in [1.165, 1.54) is 0 Å². The molecule has 1 aliphatic carbocycles. The minimum atomic E-state index is -0.102. The second-order valence-corrected chi connectivity index (χ2v) is 8.60. The Hall–Kier alpha value is -1.93. The molecule has 8 nitrogen and oxygen atoms in total. The summed E-state index contributed by atoms with van der Waals surface area (Å²) in [6, 6.07) is 0.393. The summed E-state index contributed by atoms with van der Waals surface area (Å²) in [5.74, 6) is 1.14. The normalized spacial score (nSPS) is 29.9. The first-order chi connectivity index (χ1) is 13.5. The maximum absolute atomic E-state index is 12.9. The Morgan fingerprint density at radius 1 is 1.32 bits per heavy atom. The van der Waals surface area contributed by atoms with Gasteiger partial charge >= 0.3 is 0 Å². The zero-order chi connectivity index (χ0) is 19.7. The summed E-state index contributed by atoms with van der Waals surface area (Å²) in [5.41, 5.74) is 0. The van der Waals surface area contributed by atoms with Gasteiger partial charge in [-0.1, -0.05) is 0 Å². The van der Waals surface area contributed by atoms with Gasteiger partial charge in [-0.05, 0) is 39.8 Å². The third-order valence-corrected chi connectivity index (χ3v) is 6.33. The molecule has 4 rings (SSSR count). The molecule has 1 aromatic heterocycles. The summed E-state index contributed by atoms with van der Waals surface area (Å²) in [4.78, 5) is 34.0. The number of hydrogen-bond acceptors (Lipinski definition) is 5. The van der Waals surface area contributed by atoms with Crippen LogP contribution >= 0.6 is 0 Å². The third kappa shape index (κ3) is 4.22. The monoisotopic (exact) mass is 389 g/mol. The molecule has 8 heteroatoms. The Morgan fingerprint density at radius 2 is 2.14 bits per heavy atom. The number of rotatable bonds is 5. The number of amides is 2. The molecule has 0 radical (unpaired) electrons. The largest absolute Gasteiger partial charge is 0.378 e. The quantitative estimate of drug-likeness (QED) is 0.799. The number of ether oxygens (including phenoxy) is 1. The molecule has 1 saturated heterocycles. The van der Waals surface area contributed by atoms with Gasteiger partial charge in [0, 0.05) is 44.0 Å². The Kier molecular flexibility index (Phi) is 5.68. The highest BCUT2D eigenvalue weighted by Gasteiger charge is 2.37. The predicted molar refractivity (Wildman–Crippen MR) is 103 cm³/mol. The zero-order valence-electron chi connectivity index (χ0n) is 16.8. The number of hydrogen-bond donors (Lipinski definition) is 1. The average Bonchev–Trinajstić information content (AvgIpc) is 3.22. The number of nitrogens with zero attached hydrogens (tertiary/aromatic N) is 4. The van der Waals surface area contributed by atoms with E-state index in [1.54, 1.807) is 6.20 Å². The standard InChI is InChI=1S/C20H31N5O3/c1-23(2)16-8-14(9-16)20(27)22-15-11-24-6-5-21-18(24)13-25(12-15)19(26)10-17-4-3-7-28-17/h5-6,14-17H,3-4,7-13H2,1-2H3,(H,22,27). The molecule has 1 saturated carbocycles. The minimum absolute atomic E-state index is 0.0292. The Bertz CT molecular complexity index is 706. The lowest BCUT2D eigenvalue weighted by Gasteiger charge is -2.39. The molecular formula is C20H31N5O3.